The molecule has 3 nitrogen and oxygen atoms in total. The van der Waals surface area contributed by atoms with Gasteiger partial charge in [0, 0.05) is 37.4 Å². The fraction of sp³-hybridized carbons (Fsp3) is 0.353. The monoisotopic (exact) mass is 303 g/mol. The van der Waals surface area contributed by atoms with Crippen LogP contribution in [0.4, 0.5) is 5.69 Å². The molecule has 0 radical (unpaired) electrons. The summed E-state index contributed by atoms with van der Waals surface area (Å²) in [5.74, 6) is 0. The van der Waals surface area contributed by atoms with Crippen LogP contribution in [0, 0.1) is 0 Å². The fourth-order valence-corrected chi connectivity index (χ4v) is 2.30. The smallest absolute Gasteiger partial charge is 0.0598 e. The highest BCUT2D eigenvalue weighted by molar-refractivity contribution is 6.30. The van der Waals surface area contributed by atoms with Crippen molar-refractivity contribution < 1.29 is 0 Å². The zero-order chi connectivity index (χ0) is 15.2. The molecule has 1 N–H and O–H groups in total. The van der Waals surface area contributed by atoms with Crippen molar-refractivity contribution in [3.05, 3.63) is 58.9 Å². The molecule has 0 aliphatic carbocycles. The van der Waals surface area contributed by atoms with Gasteiger partial charge in [-0.1, -0.05) is 37.6 Å². The summed E-state index contributed by atoms with van der Waals surface area (Å²) in [6.45, 7) is 5.98. The molecule has 0 saturated carbocycles. The zero-order valence-corrected chi connectivity index (χ0v) is 13.6. The van der Waals surface area contributed by atoms with Gasteiger partial charge in [0.15, 0.2) is 0 Å². The summed E-state index contributed by atoms with van der Waals surface area (Å²) in [6, 6.07) is 10.5. The highest BCUT2D eigenvalue weighted by Crippen LogP contribution is 2.20. The van der Waals surface area contributed by atoms with E-state index in [1.165, 1.54) is 11.1 Å². The number of benzene rings is 1. The van der Waals surface area contributed by atoms with Crippen molar-refractivity contribution >= 4 is 17.3 Å². The van der Waals surface area contributed by atoms with Gasteiger partial charge in [-0.25, -0.2) is 0 Å². The van der Waals surface area contributed by atoms with Gasteiger partial charge in [-0.05, 0) is 29.3 Å². The van der Waals surface area contributed by atoms with E-state index in [9.17, 15) is 0 Å². The normalized spacial score (nSPS) is 10.9. The van der Waals surface area contributed by atoms with Crippen molar-refractivity contribution in [2.75, 3.05) is 11.9 Å². The molecule has 21 heavy (non-hydrogen) atoms. The van der Waals surface area contributed by atoms with Crippen LogP contribution in [0.1, 0.15) is 25.0 Å². The average molecular weight is 304 g/mol. The molecule has 0 aliphatic rings. The molecule has 1 heterocycles. The highest BCUT2D eigenvalue weighted by Gasteiger charge is 2.08. The standard InChI is InChI=1S/C17H22ClN3/c1-13(2)20-10-15-8-9-19-11-17(15)21(3)12-14-4-6-16(18)7-5-14/h4-9,11,13,20H,10,12H2,1-3H3. The minimum absolute atomic E-state index is 0.465. The maximum absolute atomic E-state index is 5.93. The van der Waals surface area contributed by atoms with E-state index in [2.05, 4.69) is 54.3 Å². The van der Waals surface area contributed by atoms with Crippen LogP contribution in [-0.4, -0.2) is 18.1 Å². The lowest BCUT2D eigenvalue weighted by molar-refractivity contribution is 0.588. The van der Waals surface area contributed by atoms with E-state index in [0.717, 1.165) is 23.8 Å². The van der Waals surface area contributed by atoms with Crippen molar-refractivity contribution in [3.8, 4) is 0 Å². The first-order valence-electron chi connectivity index (χ1n) is 7.18. The minimum Gasteiger partial charge on any atom is -0.369 e. The summed E-state index contributed by atoms with van der Waals surface area (Å²) >= 11 is 5.93. The number of pyridine rings is 1. The molecule has 0 aliphatic heterocycles. The SMILES string of the molecule is CC(C)NCc1ccncc1N(C)Cc1ccc(Cl)cc1. The number of aromatic nitrogens is 1. The Morgan fingerprint density at radius 1 is 1.19 bits per heavy atom. The van der Waals surface area contributed by atoms with Crippen LogP contribution in [-0.2, 0) is 13.1 Å². The van der Waals surface area contributed by atoms with Crippen LogP contribution >= 0.6 is 11.6 Å². The fourth-order valence-electron chi connectivity index (χ4n) is 2.17. The van der Waals surface area contributed by atoms with E-state index >= 15 is 0 Å². The van der Waals surface area contributed by atoms with Gasteiger partial charge in [-0.3, -0.25) is 4.98 Å². The summed E-state index contributed by atoms with van der Waals surface area (Å²) < 4.78 is 0. The highest BCUT2D eigenvalue weighted by atomic mass is 35.5. The van der Waals surface area contributed by atoms with Gasteiger partial charge >= 0.3 is 0 Å². The third kappa shape index (κ3) is 4.73. The molecule has 112 valence electrons. The molecule has 0 atom stereocenters. The molecule has 0 fully saturated rings. The Morgan fingerprint density at radius 2 is 1.90 bits per heavy atom. The van der Waals surface area contributed by atoms with Crippen LogP contribution in [0.3, 0.4) is 0 Å². The Morgan fingerprint density at radius 3 is 2.57 bits per heavy atom. The third-order valence-corrected chi connectivity index (χ3v) is 3.58. The number of nitrogens with zero attached hydrogens (tertiary/aromatic N) is 2. The van der Waals surface area contributed by atoms with E-state index in [0.29, 0.717) is 6.04 Å². The lowest BCUT2D eigenvalue weighted by Gasteiger charge is -2.23. The van der Waals surface area contributed by atoms with Crippen molar-refractivity contribution in [2.24, 2.45) is 0 Å². The molecular formula is C17H22ClN3. The first kappa shape index (κ1) is 15.8. The van der Waals surface area contributed by atoms with Crippen LogP contribution in [0.15, 0.2) is 42.7 Å². The Labute approximate surface area is 132 Å². The quantitative estimate of drug-likeness (QED) is 0.878. The molecule has 4 heteroatoms. The first-order valence-corrected chi connectivity index (χ1v) is 7.56. The summed E-state index contributed by atoms with van der Waals surface area (Å²) in [4.78, 5) is 6.47. The molecule has 1 aromatic carbocycles. The molecule has 0 bridgehead atoms. The Balaban J connectivity index is 2.11. The zero-order valence-electron chi connectivity index (χ0n) is 12.8. The van der Waals surface area contributed by atoms with E-state index in [4.69, 9.17) is 11.6 Å². The van der Waals surface area contributed by atoms with Crippen LogP contribution in [0.2, 0.25) is 5.02 Å². The van der Waals surface area contributed by atoms with E-state index in [-0.39, 0.29) is 0 Å². The van der Waals surface area contributed by atoms with Gasteiger partial charge in [-0.2, -0.15) is 0 Å². The van der Waals surface area contributed by atoms with E-state index in [1.54, 1.807) is 0 Å². The van der Waals surface area contributed by atoms with Crippen LogP contribution in [0.5, 0.6) is 0 Å². The van der Waals surface area contributed by atoms with Crippen molar-refractivity contribution in [2.45, 2.75) is 33.0 Å². The second-order valence-corrected chi connectivity index (χ2v) is 5.96. The third-order valence-electron chi connectivity index (χ3n) is 3.33. The maximum atomic E-state index is 5.93. The van der Waals surface area contributed by atoms with Crippen LogP contribution < -0.4 is 10.2 Å². The van der Waals surface area contributed by atoms with Gasteiger partial charge in [0.1, 0.15) is 0 Å². The number of anilines is 1. The molecule has 0 amide bonds. The topological polar surface area (TPSA) is 28.2 Å². The largest absolute Gasteiger partial charge is 0.369 e. The van der Waals surface area contributed by atoms with Gasteiger partial charge in [-0.15, -0.1) is 0 Å². The Bertz CT molecular complexity index is 567. The van der Waals surface area contributed by atoms with Crippen LogP contribution in [0.25, 0.3) is 0 Å². The predicted molar refractivity (Wildman–Crippen MR) is 89.8 cm³/mol. The number of hydrogen-bond donors (Lipinski definition) is 1. The lowest BCUT2D eigenvalue weighted by Crippen LogP contribution is -2.24. The number of nitrogens with one attached hydrogen (secondary N) is 1. The number of halogens is 1. The van der Waals surface area contributed by atoms with Gasteiger partial charge < -0.3 is 10.2 Å². The summed E-state index contributed by atoms with van der Waals surface area (Å²) in [7, 11) is 2.09. The molecule has 0 unspecified atom stereocenters. The van der Waals surface area contributed by atoms with Crippen molar-refractivity contribution in [1.82, 2.24) is 10.3 Å². The maximum Gasteiger partial charge on any atom is 0.0598 e. The predicted octanol–water partition coefficient (Wildman–Crippen LogP) is 3.87. The lowest BCUT2D eigenvalue weighted by atomic mass is 10.1. The molecule has 1 aromatic heterocycles. The molecular weight excluding hydrogens is 282 g/mol. The van der Waals surface area contributed by atoms with Crippen molar-refractivity contribution in [1.29, 1.82) is 0 Å². The van der Waals surface area contributed by atoms with Gasteiger partial charge in [0.25, 0.3) is 0 Å². The molecule has 0 saturated heterocycles. The second kappa shape index (κ2) is 7.43. The second-order valence-electron chi connectivity index (χ2n) is 5.52. The summed E-state index contributed by atoms with van der Waals surface area (Å²) in [5.41, 5.74) is 3.64. The Hall–Kier alpha value is -1.58. The number of rotatable bonds is 6. The van der Waals surface area contributed by atoms with Gasteiger partial charge in [0.05, 0.1) is 11.9 Å². The first-order chi connectivity index (χ1) is 10.1. The number of hydrogen-bond acceptors (Lipinski definition) is 3. The average Bonchev–Trinajstić information content (AvgIpc) is 2.47. The Kier molecular flexibility index (Phi) is 5.59. The molecule has 2 aromatic rings. The molecule has 0 spiro atoms. The van der Waals surface area contributed by atoms with E-state index < -0.39 is 0 Å². The summed E-state index contributed by atoms with van der Waals surface area (Å²) in [6.07, 6.45) is 3.77. The molecule has 2 rings (SSSR count). The van der Waals surface area contributed by atoms with Crippen molar-refractivity contribution in [3.63, 3.8) is 0 Å². The minimum atomic E-state index is 0.465. The van der Waals surface area contributed by atoms with E-state index in [1.807, 2.05) is 24.5 Å². The summed E-state index contributed by atoms with van der Waals surface area (Å²) in [5, 5.41) is 4.22. The van der Waals surface area contributed by atoms with Gasteiger partial charge in [0.2, 0.25) is 0 Å².